The van der Waals surface area contributed by atoms with E-state index in [-0.39, 0.29) is 0 Å². The molecule has 0 N–H and O–H groups in total. The van der Waals surface area contributed by atoms with Crippen LogP contribution in [0.4, 0.5) is 0 Å². The van der Waals surface area contributed by atoms with Crippen molar-refractivity contribution in [1.82, 2.24) is 0 Å². The topological polar surface area (TPSA) is 17.1 Å². The van der Waals surface area contributed by atoms with Gasteiger partial charge in [0.1, 0.15) is 0 Å². The number of benzene rings is 2. The lowest BCUT2D eigenvalue weighted by Gasteiger charge is -2.08. The van der Waals surface area contributed by atoms with Gasteiger partial charge in [0.05, 0.1) is 0 Å². The maximum absolute atomic E-state index is 12.3. The van der Waals surface area contributed by atoms with Gasteiger partial charge in [0, 0.05) is 12.0 Å². The highest BCUT2D eigenvalue weighted by atomic mass is 16.1. The van der Waals surface area contributed by atoms with Crippen LogP contribution in [0.2, 0.25) is 0 Å². The van der Waals surface area contributed by atoms with E-state index in [4.69, 9.17) is 0 Å². The molecule has 1 aliphatic carbocycles. The first-order valence-corrected chi connectivity index (χ1v) is 6.95. The molecule has 1 unspecified atom stereocenters. The fraction of sp³-hybridized carbons (Fsp3) is 0.278. The van der Waals surface area contributed by atoms with Crippen LogP contribution in [-0.2, 0) is 6.42 Å². The van der Waals surface area contributed by atoms with Crippen LogP contribution < -0.4 is 0 Å². The van der Waals surface area contributed by atoms with Gasteiger partial charge in [0.25, 0.3) is 0 Å². The van der Waals surface area contributed by atoms with Crippen LogP contribution in [-0.4, -0.2) is 5.78 Å². The third kappa shape index (κ3) is 2.46. The fourth-order valence-corrected chi connectivity index (χ4v) is 2.79. The van der Waals surface area contributed by atoms with E-state index in [9.17, 15) is 4.79 Å². The molecule has 0 bridgehead atoms. The molecule has 1 aliphatic rings. The number of rotatable bonds is 1. The number of hydrogen-bond acceptors (Lipinski definition) is 1. The molecule has 0 saturated carbocycles. The number of carbonyl (C=O) groups excluding carboxylic acids is 1. The molecule has 0 radical (unpaired) electrons. The highest BCUT2D eigenvalue weighted by Gasteiger charge is 2.20. The number of hydrogen-bond donors (Lipinski definition) is 0. The average Bonchev–Trinajstić information content (AvgIpc) is 2.59. The molecule has 1 heteroatoms. The summed E-state index contributed by atoms with van der Waals surface area (Å²) in [6.45, 7) is 2.17. The summed E-state index contributed by atoms with van der Waals surface area (Å²) in [7, 11) is 0. The normalized spacial score (nSPS) is 18.8. The lowest BCUT2D eigenvalue weighted by molar-refractivity contribution is 0.0967. The van der Waals surface area contributed by atoms with Crippen molar-refractivity contribution in [2.75, 3.05) is 0 Å². The van der Waals surface area contributed by atoms with Crippen molar-refractivity contribution in [3.05, 3.63) is 59.7 Å². The fourth-order valence-electron chi connectivity index (χ4n) is 2.79. The molecule has 0 amide bonds. The first-order valence-electron chi connectivity index (χ1n) is 6.95. The van der Waals surface area contributed by atoms with Crippen LogP contribution in [0.3, 0.4) is 0 Å². The minimum atomic E-state index is 0.304. The van der Waals surface area contributed by atoms with Crippen molar-refractivity contribution in [1.29, 1.82) is 0 Å². The Morgan fingerprint density at radius 3 is 2.58 bits per heavy atom. The molecule has 96 valence electrons. The second-order valence-electron chi connectivity index (χ2n) is 5.51. The highest BCUT2D eigenvalue weighted by molar-refractivity contribution is 5.99. The summed E-state index contributed by atoms with van der Waals surface area (Å²) in [6.07, 6.45) is 2.83. The van der Waals surface area contributed by atoms with E-state index in [1.807, 2.05) is 18.2 Å². The Balaban J connectivity index is 2.04. The lowest BCUT2D eigenvalue weighted by Crippen LogP contribution is -2.03. The first kappa shape index (κ1) is 12.2. The second-order valence-corrected chi connectivity index (χ2v) is 5.51. The second kappa shape index (κ2) is 5.00. The zero-order chi connectivity index (χ0) is 13.2. The molecule has 0 saturated heterocycles. The molecule has 1 nitrogen and oxygen atoms in total. The third-order valence-corrected chi connectivity index (χ3v) is 3.96. The number of ketones is 1. The molecular formula is C18H18O. The first-order chi connectivity index (χ1) is 9.24. The Morgan fingerprint density at radius 2 is 1.79 bits per heavy atom. The summed E-state index contributed by atoms with van der Waals surface area (Å²) in [4.78, 5) is 12.3. The van der Waals surface area contributed by atoms with Crippen molar-refractivity contribution < 1.29 is 4.79 Å². The van der Waals surface area contributed by atoms with Gasteiger partial charge in [0.2, 0.25) is 0 Å². The van der Waals surface area contributed by atoms with Gasteiger partial charge in [-0.2, -0.15) is 0 Å². The van der Waals surface area contributed by atoms with Crippen molar-refractivity contribution in [2.24, 2.45) is 5.92 Å². The van der Waals surface area contributed by atoms with Gasteiger partial charge in [0.15, 0.2) is 5.78 Å². The van der Waals surface area contributed by atoms with Gasteiger partial charge in [-0.25, -0.2) is 0 Å². The minimum absolute atomic E-state index is 0.304. The quantitative estimate of drug-likeness (QED) is 0.681. The number of aryl methyl sites for hydroxylation is 1. The molecule has 2 aromatic rings. The van der Waals surface area contributed by atoms with Crippen molar-refractivity contribution in [2.45, 2.75) is 26.2 Å². The Kier molecular flexibility index (Phi) is 3.20. The highest BCUT2D eigenvalue weighted by Crippen LogP contribution is 2.28. The Hall–Kier alpha value is -1.89. The van der Waals surface area contributed by atoms with E-state index < -0.39 is 0 Å². The Morgan fingerprint density at radius 1 is 1.00 bits per heavy atom. The van der Waals surface area contributed by atoms with E-state index in [0.29, 0.717) is 18.1 Å². The maximum atomic E-state index is 12.3. The maximum Gasteiger partial charge on any atom is 0.163 e. The van der Waals surface area contributed by atoms with Crippen LogP contribution in [0.1, 0.15) is 35.7 Å². The van der Waals surface area contributed by atoms with Crippen LogP contribution >= 0.6 is 0 Å². The number of carbonyl (C=O) groups is 1. The summed E-state index contributed by atoms with van der Waals surface area (Å²) in [5.41, 5.74) is 4.47. The monoisotopic (exact) mass is 250 g/mol. The largest absolute Gasteiger partial charge is 0.294 e. The molecule has 2 aromatic carbocycles. The van der Waals surface area contributed by atoms with Gasteiger partial charge < -0.3 is 0 Å². The van der Waals surface area contributed by atoms with Gasteiger partial charge in [-0.05, 0) is 41.5 Å². The Labute approximate surface area is 114 Å². The standard InChI is InChI=1S/C18H18O/c1-13-7-8-15-9-10-16(12-17(15)18(19)11-13)14-5-3-2-4-6-14/h2-6,9-10,12-13H,7-8,11H2,1H3. The zero-order valence-corrected chi connectivity index (χ0v) is 11.2. The van der Waals surface area contributed by atoms with E-state index in [1.54, 1.807) is 0 Å². The van der Waals surface area contributed by atoms with E-state index in [0.717, 1.165) is 24.0 Å². The van der Waals surface area contributed by atoms with Crippen molar-refractivity contribution in [3.8, 4) is 11.1 Å². The van der Waals surface area contributed by atoms with Crippen LogP contribution in [0, 0.1) is 5.92 Å². The van der Waals surface area contributed by atoms with Crippen molar-refractivity contribution >= 4 is 5.78 Å². The molecule has 1 atom stereocenters. The van der Waals surface area contributed by atoms with Gasteiger partial charge in [-0.1, -0.05) is 49.4 Å². The molecule has 19 heavy (non-hydrogen) atoms. The summed E-state index contributed by atoms with van der Waals surface area (Å²) in [5, 5.41) is 0. The van der Waals surface area contributed by atoms with Crippen LogP contribution in [0.15, 0.2) is 48.5 Å². The molecule has 0 aliphatic heterocycles. The third-order valence-electron chi connectivity index (χ3n) is 3.96. The van der Waals surface area contributed by atoms with Gasteiger partial charge >= 0.3 is 0 Å². The summed E-state index contributed by atoms with van der Waals surface area (Å²) in [5.74, 6) is 0.804. The average molecular weight is 250 g/mol. The molecule has 0 spiro atoms. The predicted molar refractivity (Wildman–Crippen MR) is 78.3 cm³/mol. The van der Waals surface area contributed by atoms with E-state index in [1.165, 1.54) is 11.1 Å². The SMILES string of the molecule is CC1CCc2ccc(-c3ccccc3)cc2C(=O)C1. The summed E-state index contributed by atoms with van der Waals surface area (Å²) >= 11 is 0. The van der Waals surface area contributed by atoms with Crippen molar-refractivity contribution in [3.63, 3.8) is 0 Å². The minimum Gasteiger partial charge on any atom is -0.294 e. The predicted octanol–water partition coefficient (Wildman–Crippen LogP) is 4.51. The van der Waals surface area contributed by atoms with E-state index >= 15 is 0 Å². The zero-order valence-electron chi connectivity index (χ0n) is 11.2. The van der Waals surface area contributed by atoms with Gasteiger partial charge in [-0.15, -0.1) is 0 Å². The van der Waals surface area contributed by atoms with Crippen LogP contribution in [0.25, 0.3) is 11.1 Å². The molecule has 3 rings (SSSR count). The molecular weight excluding hydrogens is 232 g/mol. The molecule has 0 heterocycles. The van der Waals surface area contributed by atoms with Crippen LogP contribution in [0.5, 0.6) is 0 Å². The summed E-state index contributed by atoms with van der Waals surface area (Å²) < 4.78 is 0. The molecule has 0 aromatic heterocycles. The van der Waals surface area contributed by atoms with E-state index in [2.05, 4.69) is 37.3 Å². The number of fused-ring (bicyclic) bond motifs is 1. The lowest BCUT2D eigenvalue weighted by atomic mass is 9.96. The summed E-state index contributed by atoms with van der Waals surface area (Å²) in [6, 6.07) is 16.6. The van der Waals surface area contributed by atoms with Gasteiger partial charge in [-0.3, -0.25) is 4.79 Å². The Bertz CT molecular complexity index is 598. The number of Topliss-reactive ketones (excluding diaryl/α,β-unsaturated/α-hetero) is 1. The molecule has 0 fully saturated rings. The smallest absolute Gasteiger partial charge is 0.163 e.